The number of halogens is 1. The molecule has 0 unspecified atom stereocenters. The Morgan fingerprint density at radius 1 is 1.18 bits per heavy atom. The Morgan fingerprint density at radius 3 is 2.64 bits per heavy atom. The predicted octanol–water partition coefficient (Wildman–Crippen LogP) is 1.86. The van der Waals surface area contributed by atoms with Gasteiger partial charge in [0.2, 0.25) is 5.91 Å². The van der Waals surface area contributed by atoms with Gasteiger partial charge in [-0.25, -0.2) is 4.39 Å². The summed E-state index contributed by atoms with van der Waals surface area (Å²) < 4.78 is 13.2. The van der Waals surface area contributed by atoms with Gasteiger partial charge in [-0.2, -0.15) is 0 Å². The number of aliphatic hydroxyl groups excluding tert-OH is 1. The molecule has 1 saturated carbocycles. The Hall–Kier alpha value is -2.99. The molecule has 0 spiro atoms. The van der Waals surface area contributed by atoms with Crippen LogP contribution < -0.4 is 10.6 Å². The van der Waals surface area contributed by atoms with Crippen LogP contribution in [0.5, 0.6) is 0 Å². The maximum absolute atomic E-state index is 13.2. The summed E-state index contributed by atoms with van der Waals surface area (Å²) in [5, 5.41) is 14.5. The van der Waals surface area contributed by atoms with Crippen molar-refractivity contribution >= 4 is 11.8 Å². The Balaban J connectivity index is 1.57. The highest BCUT2D eigenvalue weighted by molar-refractivity contribution is 6.04. The third-order valence-corrected chi connectivity index (χ3v) is 5.27. The number of allylic oxidation sites excluding steroid dienone is 6. The van der Waals surface area contributed by atoms with E-state index in [-0.39, 0.29) is 31.3 Å². The van der Waals surface area contributed by atoms with Crippen molar-refractivity contribution in [3.63, 3.8) is 0 Å². The van der Waals surface area contributed by atoms with Gasteiger partial charge in [0.15, 0.2) is 0 Å². The van der Waals surface area contributed by atoms with Gasteiger partial charge in [-0.15, -0.1) is 0 Å². The van der Waals surface area contributed by atoms with E-state index >= 15 is 0 Å². The molecule has 0 heterocycles. The van der Waals surface area contributed by atoms with Crippen LogP contribution in [0.1, 0.15) is 18.9 Å². The molecule has 144 valence electrons. The van der Waals surface area contributed by atoms with Gasteiger partial charge in [0.05, 0.1) is 6.61 Å². The lowest BCUT2D eigenvalue weighted by molar-refractivity contribution is -0.131. The van der Waals surface area contributed by atoms with Gasteiger partial charge in [0, 0.05) is 18.5 Å². The van der Waals surface area contributed by atoms with Crippen LogP contribution in [0, 0.1) is 5.82 Å². The van der Waals surface area contributed by atoms with Crippen molar-refractivity contribution in [3.8, 4) is 0 Å². The van der Waals surface area contributed by atoms with Crippen molar-refractivity contribution in [1.82, 2.24) is 10.6 Å². The average molecular weight is 380 g/mol. The fraction of sp³-hybridized carbons (Fsp3) is 0.273. The topological polar surface area (TPSA) is 78.4 Å². The number of carbonyl (C=O) groups is 2. The Bertz CT molecular complexity index is 986. The van der Waals surface area contributed by atoms with Crippen LogP contribution in [-0.2, 0) is 16.0 Å². The molecule has 3 aliphatic rings. The highest BCUT2D eigenvalue weighted by Gasteiger charge is 2.39. The molecule has 0 bridgehead atoms. The lowest BCUT2D eigenvalue weighted by atomic mass is 9.91. The van der Waals surface area contributed by atoms with Crippen molar-refractivity contribution < 1.29 is 19.1 Å². The van der Waals surface area contributed by atoms with Crippen LogP contribution in [0.4, 0.5) is 4.39 Å². The standard InChI is InChI=1S/C22H21FN2O3/c1-22(21(28)24-8-9-26,12-13-2-4-15(23)5-3-13)25-20(27)17-7-6-16-18-10-14(18)11-19(16)17/h2-7,11,26H,8-10,12H2,1H3,(H,24,28)(H,25,27)/t22-/m1/s1. The molecule has 1 aromatic rings. The molecule has 0 aromatic heterocycles. The predicted molar refractivity (Wildman–Crippen MR) is 103 cm³/mol. The molecule has 1 aromatic carbocycles. The van der Waals surface area contributed by atoms with Gasteiger partial charge in [-0.05, 0) is 65.5 Å². The highest BCUT2D eigenvalue weighted by Crippen LogP contribution is 2.51. The first-order valence-electron chi connectivity index (χ1n) is 9.24. The quantitative estimate of drug-likeness (QED) is 0.676. The van der Waals surface area contributed by atoms with E-state index in [1.807, 2.05) is 12.2 Å². The fourth-order valence-electron chi connectivity index (χ4n) is 3.71. The fourth-order valence-corrected chi connectivity index (χ4v) is 3.71. The van der Waals surface area contributed by atoms with Crippen LogP contribution in [0.15, 0.2) is 70.4 Å². The number of nitrogens with one attached hydrogen (secondary N) is 2. The molecule has 0 radical (unpaired) electrons. The second-order valence-corrected chi connectivity index (χ2v) is 7.47. The monoisotopic (exact) mass is 380 g/mol. The zero-order chi connectivity index (χ0) is 19.9. The zero-order valence-electron chi connectivity index (χ0n) is 15.5. The van der Waals surface area contributed by atoms with E-state index in [1.54, 1.807) is 25.1 Å². The number of rotatable bonds is 7. The van der Waals surface area contributed by atoms with E-state index in [0.717, 1.165) is 23.1 Å². The molecule has 5 nitrogen and oxygen atoms in total. The first-order valence-corrected chi connectivity index (χ1v) is 9.24. The van der Waals surface area contributed by atoms with Crippen LogP contribution in [0.3, 0.4) is 0 Å². The maximum atomic E-state index is 13.2. The molecule has 3 aliphatic carbocycles. The molecule has 6 heteroatoms. The molecule has 4 rings (SSSR count). The molecule has 0 saturated heterocycles. The van der Waals surface area contributed by atoms with E-state index in [4.69, 9.17) is 5.11 Å². The summed E-state index contributed by atoms with van der Waals surface area (Å²) in [6.07, 6.45) is 6.94. The third-order valence-electron chi connectivity index (χ3n) is 5.27. The lowest BCUT2D eigenvalue weighted by Gasteiger charge is -2.30. The molecule has 1 fully saturated rings. The van der Waals surface area contributed by atoms with E-state index in [0.29, 0.717) is 5.57 Å². The normalized spacial score (nSPS) is 18.5. The van der Waals surface area contributed by atoms with Crippen LogP contribution in [-0.4, -0.2) is 35.6 Å². The Kier molecular flexibility index (Phi) is 4.51. The Morgan fingerprint density at radius 2 is 1.93 bits per heavy atom. The maximum Gasteiger partial charge on any atom is 0.252 e. The van der Waals surface area contributed by atoms with Crippen LogP contribution >= 0.6 is 0 Å². The van der Waals surface area contributed by atoms with Gasteiger partial charge in [0.25, 0.3) is 5.91 Å². The van der Waals surface area contributed by atoms with Crippen LogP contribution in [0.2, 0.25) is 0 Å². The second kappa shape index (κ2) is 6.87. The highest BCUT2D eigenvalue weighted by atomic mass is 19.1. The number of amides is 2. The van der Waals surface area contributed by atoms with E-state index in [9.17, 15) is 14.0 Å². The van der Waals surface area contributed by atoms with Crippen molar-refractivity contribution in [3.05, 3.63) is 81.7 Å². The average Bonchev–Trinajstić information content (AvgIpc) is 3.14. The molecule has 1 atom stereocenters. The molecule has 3 N–H and O–H groups in total. The number of carbonyl (C=O) groups excluding carboxylic acids is 2. The number of hydrogen-bond donors (Lipinski definition) is 3. The zero-order valence-corrected chi connectivity index (χ0v) is 15.5. The van der Waals surface area contributed by atoms with Gasteiger partial charge in [0.1, 0.15) is 11.4 Å². The van der Waals surface area contributed by atoms with Gasteiger partial charge >= 0.3 is 0 Å². The first kappa shape index (κ1) is 18.4. The van der Waals surface area contributed by atoms with Gasteiger partial charge < -0.3 is 15.7 Å². The summed E-state index contributed by atoms with van der Waals surface area (Å²) >= 11 is 0. The number of benzene rings is 1. The minimum absolute atomic E-state index is 0.0872. The van der Waals surface area contributed by atoms with E-state index in [2.05, 4.69) is 10.6 Å². The molecular formula is C22H21FN2O3. The number of aliphatic hydroxyl groups is 1. The van der Waals surface area contributed by atoms with Crippen molar-refractivity contribution in [2.45, 2.75) is 25.3 Å². The van der Waals surface area contributed by atoms with Crippen LogP contribution in [0.25, 0.3) is 0 Å². The summed E-state index contributed by atoms with van der Waals surface area (Å²) in [4.78, 5) is 25.8. The van der Waals surface area contributed by atoms with Crippen molar-refractivity contribution in [2.24, 2.45) is 0 Å². The van der Waals surface area contributed by atoms with E-state index < -0.39 is 11.4 Å². The Labute approximate surface area is 162 Å². The molecule has 2 amide bonds. The van der Waals surface area contributed by atoms with E-state index in [1.165, 1.54) is 23.3 Å². The summed E-state index contributed by atoms with van der Waals surface area (Å²) in [6, 6.07) is 5.83. The minimum Gasteiger partial charge on any atom is -0.395 e. The van der Waals surface area contributed by atoms with Crippen molar-refractivity contribution in [1.29, 1.82) is 0 Å². The summed E-state index contributed by atoms with van der Waals surface area (Å²) in [7, 11) is 0. The largest absolute Gasteiger partial charge is 0.395 e. The lowest BCUT2D eigenvalue weighted by Crippen LogP contribution is -2.58. The van der Waals surface area contributed by atoms with Crippen molar-refractivity contribution in [2.75, 3.05) is 13.2 Å². The van der Waals surface area contributed by atoms with Gasteiger partial charge in [-0.3, -0.25) is 9.59 Å². The molecular weight excluding hydrogens is 359 g/mol. The summed E-state index contributed by atoms with van der Waals surface area (Å²) in [5.41, 5.74) is 4.59. The molecule has 28 heavy (non-hydrogen) atoms. The second-order valence-electron chi connectivity index (χ2n) is 7.47. The number of fused-ring (bicyclic) bond motifs is 2. The third kappa shape index (κ3) is 3.31. The minimum atomic E-state index is -1.25. The number of hydrogen-bond acceptors (Lipinski definition) is 3. The first-order chi connectivity index (χ1) is 13.4. The SMILES string of the molecule is C[C@](Cc1ccc(F)cc1)(NC(=O)C1=C2C=C3CC3=C2C=C1)C(=O)NCCO. The smallest absolute Gasteiger partial charge is 0.252 e. The molecule has 0 aliphatic heterocycles. The summed E-state index contributed by atoms with van der Waals surface area (Å²) in [6.45, 7) is 1.52. The van der Waals surface area contributed by atoms with Gasteiger partial charge in [-0.1, -0.05) is 18.2 Å². The summed E-state index contributed by atoms with van der Waals surface area (Å²) in [5.74, 6) is -1.10.